The van der Waals surface area contributed by atoms with Crippen LogP contribution in [0.4, 0.5) is 5.69 Å². The van der Waals surface area contributed by atoms with Crippen molar-refractivity contribution in [3.05, 3.63) is 40.6 Å². The van der Waals surface area contributed by atoms with E-state index < -0.39 is 10.0 Å². The second-order valence-electron chi connectivity index (χ2n) is 6.57. The molecule has 1 fully saturated rings. The van der Waals surface area contributed by atoms with Gasteiger partial charge in [-0.3, -0.25) is 9.69 Å². The summed E-state index contributed by atoms with van der Waals surface area (Å²) in [6, 6.07) is 8.30. The minimum Gasteiger partial charge on any atom is -0.495 e. The lowest BCUT2D eigenvalue weighted by Gasteiger charge is -2.34. The lowest BCUT2D eigenvalue weighted by Crippen LogP contribution is -2.43. The first-order chi connectivity index (χ1) is 13.9. The number of anilines is 1. The molecule has 1 aliphatic rings. The van der Waals surface area contributed by atoms with Gasteiger partial charge >= 0.3 is 0 Å². The number of sulfonamides is 1. The number of thiophene rings is 1. The Labute approximate surface area is 174 Å². The third kappa shape index (κ3) is 5.55. The summed E-state index contributed by atoms with van der Waals surface area (Å²) in [5.74, 6) is 0.0832. The van der Waals surface area contributed by atoms with Crippen molar-refractivity contribution in [2.75, 3.05) is 45.3 Å². The molecule has 0 saturated carbocycles. The zero-order valence-corrected chi connectivity index (χ0v) is 18.0. The van der Waals surface area contributed by atoms with E-state index in [1.54, 1.807) is 11.3 Å². The Morgan fingerprint density at radius 1 is 1.31 bits per heavy atom. The normalized spacial score (nSPS) is 16.3. The number of nitrogens with one attached hydrogen (secondary N) is 2. The highest BCUT2D eigenvalue weighted by Crippen LogP contribution is 2.29. The average Bonchev–Trinajstić information content (AvgIpc) is 3.23. The third-order valence-corrected chi connectivity index (χ3v) is 7.01. The number of carbonyl (C=O) groups excluding carboxylic acids is 1. The number of ether oxygens (including phenoxy) is 2. The number of amides is 1. The third-order valence-electron chi connectivity index (χ3n) is 4.62. The van der Waals surface area contributed by atoms with Crippen LogP contribution in [0.3, 0.4) is 0 Å². The standard InChI is InChI=1S/C19H25N3O5S2/c1-14(23)21-16-12-15(5-6-18(16)26-2)29(24,25)20-13-17(19-4-3-11-28-19)22-7-9-27-10-8-22/h3-6,11-12,17,20H,7-10,13H2,1-2H3,(H,21,23). The van der Waals surface area contributed by atoms with Crippen molar-refractivity contribution in [1.82, 2.24) is 9.62 Å². The van der Waals surface area contributed by atoms with E-state index >= 15 is 0 Å². The van der Waals surface area contributed by atoms with Crippen LogP contribution in [-0.2, 0) is 19.6 Å². The molecule has 1 saturated heterocycles. The zero-order chi connectivity index (χ0) is 20.9. The minimum atomic E-state index is -3.78. The van der Waals surface area contributed by atoms with E-state index in [4.69, 9.17) is 9.47 Å². The molecule has 10 heteroatoms. The maximum atomic E-state index is 12.9. The van der Waals surface area contributed by atoms with Gasteiger partial charge in [0.15, 0.2) is 0 Å². The summed E-state index contributed by atoms with van der Waals surface area (Å²) in [6.07, 6.45) is 0. The van der Waals surface area contributed by atoms with Crippen LogP contribution in [0.15, 0.2) is 40.6 Å². The van der Waals surface area contributed by atoms with E-state index in [-0.39, 0.29) is 23.4 Å². The van der Waals surface area contributed by atoms with Crippen molar-refractivity contribution in [2.45, 2.75) is 17.9 Å². The quantitative estimate of drug-likeness (QED) is 0.654. The van der Waals surface area contributed by atoms with Gasteiger partial charge in [-0.05, 0) is 29.6 Å². The lowest BCUT2D eigenvalue weighted by molar-refractivity contribution is -0.114. The largest absolute Gasteiger partial charge is 0.495 e. The van der Waals surface area contributed by atoms with Crippen LogP contribution in [-0.4, -0.2) is 59.2 Å². The molecular formula is C19H25N3O5S2. The number of hydrogen-bond donors (Lipinski definition) is 2. The molecule has 2 heterocycles. The van der Waals surface area contributed by atoms with Gasteiger partial charge in [-0.15, -0.1) is 11.3 Å². The first kappa shape index (κ1) is 21.7. The van der Waals surface area contributed by atoms with Crippen LogP contribution in [0.5, 0.6) is 5.75 Å². The number of hydrogen-bond acceptors (Lipinski definition) is 7. The van der Waals surface area contributed by atoms with Crippen molar-refractivity contribution in [2.24, 2.45) is 0 Å². The summed E-state index contributed by atoms with van der Waals surface area (Å²) in [7, 11) is -2.32. The molecule has 1 aromatic heterocycles. The summed E-state index contributed by atoms with van der Waals surface area (Å²) < 4.78 is 39.2. The molecule has 3 rings (SSSR count). The number of carbonyl (C=O) groups is 1. The highest BCUT2D eigenvalue weighted by molar-refractivity contribution is 7.89. The van der Waals surface area contributed by atoms with Gasteiger partial charge in [-0.2, -0.15) is 0 Å². The fraction of sp³-hybridized carbons (Fsp3) is 0.421. The summed E-state index contributed by atoms with van der Waals surface area (Å²) in [5, 5.41) is 4.59. The maximum absolute atomic E-state index is 12.9. The molecule has 2 N–H and O–H groups in total. The second-order valence-corrected chi connectivity index (χ2v) is 9.32. The Bertz CT molecular complexity index is 925. The topological polar surface area (TPSA) is 97.0 Å². The molecule has 0 radical (unpaired) electrons. The summed E-state index contributed by atoms with van der Waals surface area (Å²) >= 11 is 1.60. The number of methoxy groups -OCH3 is 1. The van der Waals surface area contributed by atoms with Gasteiger partial charge in [-0.1, -0.05) is 6.07 Å². The fourth-order valence-corrected chi connectivity index (χ4v) is 5.12. The number of benzene rings is 1. The molecule has 1 aromatic carbocycles. The second kappa shape index (κ2) is 9.68. The van der Waals surface area contributed by atoms with Crippen LogP contribution in [0, 0.1) is 0 Å². The van der Waals surface area contributed by atoms with Gasteiger partial charge in [-0.25, -0.2) is 13.1 Å². The molecule has 29 heavy (non-hydrogen) atoms. The molecule has 0 bridgehead atoms. The Morgan fingerprint density at radius 3 is 2.69 bits per heavy atom. The van der Waals surface area contributed by atoms with Crippen molar-refractivity contribution < 1.29 is 22.7 Å². The van der Waals surface area contributed by atoms with E-state index in [0.717, 1.165) is 18.0 Å². The molecular weight excluding hydrogens is 414 g/mol. The van der Waals surface area contributed by atoms with Gasteiger partial charge in [0.1, 0.15) is 5.75 Å². The highest BCUT2D eigenvalue weighted by Gasteiger charge is 2.26. The molecule has 1 unspecified atom stereocenters. The van der Waals surface area contributed by atoms with Crippen molar-refractivity contribution >= 4 is 33.0 Å². The molecule has 1 aliphatic heterocycles. The SMILES string of the molecule is COc1ccc(S(=O)(=O)NCC(c2cccs2)N2CCOCC2)cc1NC(C)=O. The van der Waals surface area contributed by atoms with E-state index in [1.807, 2.05) is 17.5 Å². The van der Waals surface area contributed by atoms with Crippen molar-refractivity contribution in [3.63, 3.8) is 0 Å². The molecule has 8 nitrogen and oxygen atoms in total. The molecule has 1 amide bonds. The van der Waals surface area contributed by atoms with Crippen LogP contribution in [0.1, 0.15) is 17.8 Å². The molecule has 158 valence electrons. The Balaban J connectivity index is 1.79. The van der Waals surface area contributed by atoms with Crippen molar-refractivity contribution in [3.8, 4) is 5.75 Å². The predicted molar refractivity (Wildman–Crippen MR) is 112 cm³/mol. The Morgan fingerprint density at radius 2 is 2.07 bits per heavy atom. The summed E-state index contributed by atoms with van der Waals surface area (Å²) in [6.45, 7) is 4.36. The van der Waals surface area contributed by atoms with E-state index in [2.05, 4.69) is 14.9 Å². The van der Waals surface area contributed by atoms with Crippen molar-refractivity contribution in [1.29, 1.82) is 0 Å². The monoisotopic (exact) mass is 439 g/mol. The fourth-order valence-electron chi connectivity index (χ4n) is 3.19. The summed E-state index contributed by atoms with van der Waals surface area (Å²) in [4.78, 5) is 14.8. The highest BCUT2D eigenvalue weighted by atomic mass is 32.2. The number of morpholine rings is 1. The predicted octanol–water partition coefficient (Wildman–Crippen LogP) is 2.07. The Kier molecular flexibility index (Phi) is 7.25. The van der Waals surface area contributed by atoms with Gasteiger partial charge in [0.25, 0.3) is 0 Å². The molecule has 1 atom stereocenters. The van der Waals surface area contributed by atoms with Gasteiger partial charge < -0.3 is 14.8 Å². The number of nitrogens with zero attached hydrogens (tertiary/aromatic N) is 1. The molecule has 2 aromatic rings. The van der Waals surface area contributed by atoms with E-state index in [9.17, 15) is 13.2 Å². The lowest BCUT2D eigenvalue weighted by atomic mass is 10.2. The van der Waals surface area contributed by atoms with E-state index in [1.165, 1.54) is 32.2 Å². The first-order valence-corrected chi connectivity index (χ1v) is 11.6. The molecule has 0 spiro atoms. The van der Waals surface area contributed by atoms with Crippen LogP contribution >= 0.6 is 11.3 Å². The van der Waals surface area contributed by atoms with Gasteiger partial charge in [0.05, 0.1) is 36.9 Å². The van der Waals surface area contributed by atoms with Crippen LogP contribution in [0.2, 0.25) is 0 Å². The average molecular weight is 440 g/mol. The maximum Gasteiger partial charge on any atom is 0.240 e. The van der Waals surface area contributed by atoms with Crippen LogP contribution in [0.25, 0.3) is 0 Å². The number of rotatable bonds is 8. The zero-order valence-electron chi connectivity index (χ0n) is 16.4. The van der Waals surface area contributed by atoms with Crippen LogP contribution < -0.4 is 14.8 Å². The van der Waals surface area contributed by atoms with E-state index in [0.29, 0.717) is 24.7 Å². The summed E-state index contributed by atoms with van der Waals surface area (Å²) in [5.41, 5.74) is 0.311. The van der Waals surface area contributed by atoms with Gasteiger partial charge in [0.2, 0.25) is 15.9 Å². The Hall–Kier alpha value is -1.98. The molecule has 0 aliphatic carbocycles. The van der Waals surface area contributed by atoms with Gasteiger partial charge in [0, 0.05) is 31.4 Å². The minimum absolute atomic E-state index is 0.0638. The first-order valence-electron chi connectivity index (χ1n) is 9.21. The smallest absolute Gasteiger partial charge is 0.240 e.